The number of aromatic amines is 1. The molecule has 84 valence electrons. The Labute approximate surface area is 98.3 Å². The number of aliphatic hydroxyl groups is 1. The first-order chi connectivity index (χ1) is 7.79. The number of rotatable bonds is 4. The van der Waals surface area contributed by atoms with E-state index in [1.807, 2.05) is 6.07 Å². The summed E-state index contributed by atoms with van der Waals surface area (Å²) >= 11 is 6.02. The maximum atomic E-state index is 9.02. The lowest BCUT2D eigenvalue weighted by Gasteiger charge is -2.08. The van der Waals surface area contributed by atoms with Crippen molar-refractivity contribution in [3.05, 3.63) is 47.0 Å². The van der Waals surface area contributed by atoms with Gasteiger partial charge in [-0.25, -0.2) is 4.98 Å². The summed E-state index contributed by atoms with van der Waals surface area (Å²) in [6.45, 7) is 0.629. The molecule has 0 fully saturated rings. The molecular formula is C11H12ClN3O. The van der Waals surface area contributed by atoms with Crippen LogP contribution >= 0.6 is 11.6 Å². The van der Waals surface area contributed by atoms with Crippen LogP contribution < -0.4 is 5.32 Å². The van der Waals surface area contributed by atoms with Crippen molar-refractivity contribution in [2.75, 3.05) is 5.32 Å². The van der Waals surface area contributed by atoms with E-state index in [0.717, 1.165) is 16.9 Å². The standard InChI is InChI=1S/C11H12ClN3O/c12-10-2-1-8(6-16)3-11(10)14-5-9-4-13-7-15-9/h1-4,7,14,16H,5-6H2,(H,13,15). The maximum Gasteiger partial charge on any atom is 0.0922 e. The van der Waals surface area contributed by atoms with E-state index in [-0.39, 0.29) is 6.61 Å². The number of aromatic nitrogens is 2. The fourth-order valence-corrected chi connectivity index (χ4v) is 1.56. The van der Waals surface area contributed by atoms with Gasteiger partial charge in [-0.15, -0.1) is 0 Å². The second-order valence-electron chi connectivity index (χ2n) is 3.40. The van der Waals surface area contributed by atoms with Crippen molar-refractivity contribution in [1.82, 2.24) is 9.97 Å². The number of nitrogens with one attached hydrogen (secondary N) is 2. The molecule has 0 aliphatic carbocycles. The van der Waals surface area contributed by atoms with Gasteiger partial charge in [0.1, 0.15) is 0 Å². The monoisotopic (exact) mass is 237 g/mol. The molecule has 1 aromatic heterocycles. The minimum atomic E-state index is 0.00983. The molecule has 0 amide bonds. The summed E-state index contributed by atoms with van der Waals surface area (Å²) in [5.41, 5.74) is 2.62. The van der Waals surface area contributed by atoms with Crippen LogP contribution in [0.4, 0.5) is 5.69 Å². The third kappa shape index (κ3) is 2.53. The topological polar surface area (TPSA) is 60.9 Å². The Kier molecular flexibility index (Phi) is 3.44. The van der Waals surface area contributed by atoms with Crippen molar-refractivity contribution >= 4 is 17.3 Å². The normalized spacial score (nSPS) is 10.4. The molecule has 3 N–H and O–H groups in total. The van der Waals surface area contributed by atoms with Crippen molar-refractivity contribution in [2.24, 2.45) is 0 Å². The average molecular weight is 238 g/mol. The van der Waals surface area contributed by atoms with Gasteiger partial charge in [0.15, 0.2) is 0 Å². The number of anilines is 1. The van der Waals surface area contributed by atoms with E-state index in [9.17, 15) is 0 Å². The second-order valence-corrected chi connectivity index (χ2v) is 3.81. The lowest BCUT2D eigenvalue weighted by atomic mass is 10.2. The van der Waals surface area contributed by atoms with Crippen molar-refractivity contribution in [3.63, 3.8) is 0 Å². The Hall–Kier alpha value is -1.52. The van der Waals surface area contributed by atoms with E-state index < -0.39 is 0 Å². The van der Waals surface area contributed by atoms with E-state index in [1.54, 1.807) is 24.7 Å². The molecule has 1 aromatic carbocycles. The van der Waals surface area contributed by atoms with Crippen LogP contribution in [0.5, 0.6) is 0 Å². The Bertz CT molecular complexity index is 456. The summed E-state index contributed by atoms with van der Waals surface area (Å²) in [5.74, 6) is 0. The third-order valence-electron chi connectivity index (χ3n) is 2.24. The molecule has 16 heavy (non-hydrogen) atoms. The zero-order valence-electron chi connectivity index (χ0n) is 8.57. The van der Waals surface area contributed by atoms with Crippen LogP contribution in [0.25, 0.3) is 0 Å². The third-order valence-corrected chi connectivity index (χ3v) is 2.57. The molecule has 0 spiro atoms. The van der Waals surface area contributed by atoms with Crippen LogP contribution in [0.3, 0.4) is 0 Å². The van der Waals surface area contributed by atoms with Crippen molar-refractivity contribution in [2.45, 2.75) is 13.2 Å². The molecule has 0 saturated heterocycles. The molecule has 0 bridgehead atoms. The number of benzene rings is 1. The van der Waals surface area contributed by atoms with Crippen molar-refractivity contribution in [3.8, 4) is 0 Å². The largest absolute Gasteiger partial charge is 0.392 e. The average Bonchev–Trinajstić information content (AvgIpc) is 2.81. The number of hydrogen-bond donors (Lipinski definition) is 3. The predicted octanol–water partition coefficient (Wildman–Crippen LogP) is 2.17. The Morgan fingerprint density at radius 2 is 2.31 bits per heavy atom. The minimum Gasteiger partial charge on any atom is -0.392 e. The summed E-state index contributed by atoms with van der Waals surface area (Å²) < 4.78 is 0. The van der Waals surface area contributed by atoms with Gasteiger partial charge >= 0.3 is 0 Å². The molecule has 2 rings (SSSR count). The molecule has 0 atom stereocenters. The summed E-state index contributed by atoms with van der Waals surface area (Å²) in [6.07, 6.45) is 3.37. The Morgan fingerprint density at radius 1 is 1.44 bits per heavy atom. The molecular weight excluding hydrogens is 226 g/mol. The maximum absolute atomic E-state index is 9.02. The predicted molar refractivity (Wildman–Crippen MR) is 63.3 cm³/mol. The second kappa shape index (κ2) is 5.01. The number of hydrogen-bond acceptors (Lipinski definition) is 3. The van der Waals surface area contributed by atoms with Crippen LogP contribution in [0.2, 0.25) is 5.02 Å². The summed E-state index contributed by atoms with van der Waals surface area (Å²) in [6, 6.07) is 5.39. The number of H-pyrrole nitrogens is 1. The van der Waals surface area contributed by atoms with Gasteiger partial charge in [-0.05, 0) is 17.7 Å². The van der Waals surface area contributed by atoms with Crippen LogP contribution in [0, 0.1) is 0 Å². The highest BCUT2D eigenvalue weighted by Gasteiger charge is 2.02. The summed E-state index contributed by atoms with van der Waals surface area (Å²) in [4.78, 5) is 6.91. The molecule has 2 aromatic rings. The van der Waals surface area contributed by atoms with E-state index in [0.29, 0.717) is 11.6 Å². The molecule has 4 nitrogen and oxygen atoms in total. The van der Waals surface area contributed by atoms with Gasteiger partial charge < -0.3 is 15.4 Å². The molecule has 0 aliphatic heterocycles. The molecule has 1 heterocycles. The molecule has 5 heteroatoms. The zero-order chi connectivity index (χ0) is 11.4. The molecule has 0 aliphatic rings. The van der Waals surface area contributed by atoms with Crippen molar-refractivity contribution in [1.29, 1.82) is 0 Å². The number of halogens is 1. The number of nitrogens with zero attached hydrogens (tertiary/aromatic N) is 1. The first-order valence-corrected chi connectivity index (χ1v) is 5.28. The zero-order valence-corrected chi connectivity index (χ0v) is 9.33. The van der Waals surface area contributed by atoms with Gasteiger partial charge in [0, 0.05) is 6.20 Å². The highest BCUT2D eigenvalue weighted by molar-refractivity contribution is 6.33. The van der Waals surface area contributed by atoms with E-state index in [4.69, 9.17) is 16.7 Å². The van der Waals surface area contributed by atoms with Crippen LogP contribution in [0.15, 0.2) is 30.7 Å². The van der Waals surface area contributed by atoms with Crippen LogP contribution in [0.1, 0.15) is 11.3 Å². The Balaban J connectivity index is 2.08. The lowest BCUT2D eigenvalue weighted by Crippen LogP contribution is -2.00. The Morgan fingerprint density at radius 3 is 3.00 bits per heavy atom. The number of imidazole rings is 1. The molecule has 0 saturated carbocycles. The van der Waals surface area contributed by atoms with Gasteiger partial charge in [0.2, 0.25) is 0 Å². The van der Waals surface area contributed by atoms with Gasteiger partial charge in [0.25, 0.3) is 0 Å². The quantitative estimate of drug-likeness (QED) is 0.764. The van der Waals surface area contributed by atoms with E-state index in [1.165, 1.54) is 0 Å². The SMILES string of the molecule is OCc1ccc(Cl)c(NCc2cnc[nH]2)c1. The summed E-state index contributed by atoms with van der Waals surface area (Å²) in [5, 5.41) is 12.8. The van der Waals surface area contributed by atoms with E-state index in [2.05, 4.69) is 15.3 Å². The molecule has 0 radical (unpaired) electrons. The van der Waals surface area contributed by atoms with Crippen molar-refractivity contribution < 1.29 is 5.11 Å². The fourth-order valence-electron chi connectivity index (χ4n) is 1.38. The molecule has 0 unspecified atom stereocenters. The summed E-state index contributed by atoms with van der Waals surface area (Å²) in [7, 11) is 0. The lowest BCUT2D eigenvalue weighted by molar-refractivity contribution is 0.282. The first kappa shape index (κ1) is 11.0. The minimum absolute atomic E-state index is 0.00983. The van der Waals surface area contributed by atoms with Crippen LogP contribution in [-0.4, -0.2) is 15.1 Å². The van der Waals surface area contributed by atoms with Gasteiger partial charge in [-0.1, -0.05) is 17.7 Å². The highest BCUT2D eigenvalue weighted by Crippen LogP contribution is 2.23. The van der Waals surface area contributed by atoms with Gasteiger partial charge in [-0.3, -0.25) is 0 Å². The number of aliphatic hydroxyl groups excluding tert-OH is 1. The van der Waals surface area contributed by atoms with Crippen LogP contribution in [-0.2, 0) is 13.2 Å². The highest BCUT2D eigenvalue weighted by atomic mass is 35.5. The van der Waals surface area contributed by atoms with Gasteiger partial charge in [0.05, 0.1) is 35.9 Å². The fraction of sp³-hybridized carbons (Fsp3) is 0.182. The smallest absolute Gasteiger partial charge is 0.0922 e. The van der Waals surface area contributed by atoms with E-state index >= 15 is 0 Å². The first-order valence-electron chi connectivity index (χ1n) is 4.90. The van der Waals surface area contributed by atoms with Gasteiger partial charge in [-0.2, -0.15) is 0 Å².